The Balaban J connectivity index is 2.20. The lowest BCUT2D eigenvalue weighted by atomic mass is 10.1. The molecule has 0 fully saturated rings. The maximum Gasteiger partial charge on any atom is 0.416 e. The molecule has 1 heterocycles. The minimum Gasteiger partial charge on any atom is -0.379 e. The molecule has 0 aliphatic heterocycles. The lowest BCUT2D eigenvalue weighted by Gasteiger charge is -2.11. The van der Waals surface area contributed by atoms with E-state index in [1.165, 1.54) is 17.4 Å². The number of benzene rings is 1. The molecule has 19 heavy (non-hydrogen) atoms. The minimum absolute atomic E-state index is 0.0284. The zero-order valence-electron chi connectivity index (χ0n) is 9.53. The van der Waals surface area contributed by atoms with Gasteiger partial charge in [-0.3, -0.25) is 4.98 Å². The van der Waals surface area contributed by atoms with Gasteiger partial charge in [0.2, 0.25) is 0 Å². The Morgan fingerprint density at radius 2 is 2.16 bits per heavy atom. The smallest absolute Gasteiger partial charge is 0.379 e. The van der Waals surface area contributed by atoms with Crippen molar-refractivity contribution in [1.82, 2.24) is 4.98 Å². The van der Waals surface area contributed by atoms with Gasteiger partial charge in [-0.05, 0) is 18.2 Å². The summed E-state index contributed by atoms with van der Waals surface area (Å²) in [7, 11) is 0. The molecule has 0 saturated heterocycles. The molecule has 0 bridgehead atoms. The molecular formula is C12H8F3N3S. The number of aromatic nitrogens is 1. The van der Waals surface area contributed by atoms with Gasteiger partial charge in [0.1, 0.15) is 6.07 Å². The van der Waals surface area contributed by atoms with Crippen LogP contribution < -0.4 is 5.32 Å². The summed E-state index contributed by atoms with van der Waals surface area (Å²) in [4.78, 5) is 4.82. The van der Waals surface area contributed by atoms with Crippen LogP contribution in [0.15, 0.2) is 29.9 Å². The van der Waals surface area contributed by atoms with Gasteiger partial charge in [0.05, 0.1) is 28.9 Å². The van der Waals surface area contributed by atoms with Gasteiger partial charge in [0, 0.05) is 11.1 Å². The van der Waals surface area contributed by atoms with Crippen molar-refractivity contribution in [3.05, 3.63) is 45.9 Å². The van der Waals surface area contributed by atoms with Crippen LogP contribution in [0.25, 0.3) is 0 Å². The lowest BCUT2D eigenvalue weighted by Crippen LogP contribution is -2.07. The van der Waals surface area contributed by atoms with E-state index in [2.05, 4.69) is 10.3 Å². The van der Waals surface area contributed by atoms with Crippen molar-refractivity contribution < 1.29 is 13.2 Å². The summed E-state index contributed by atoms with van der Waals surface area (Å²) < 4.78 is 37.5. The predicted octanol–water partition coefficient (Wildman–Crippen LogP) is 3.65. The van der Waals surface area contributed by atoms with Crippen molar-refractivity contribution in [3.63, 3.8) is 0 Å². The fourth-order valence-electron chi connectivity index (χ4n) is 1.48. The van der Waals surface area contributed by atoms with Crippen LogP contribution in [0.1, 0.15) is 16.0 Å². The Morgan fingerprint density at radius 3 is 2.74 bits per heavy atom. The normalized spacial score (nSPS) is 11.1. The Kier molecular flexibility index (Phi) is 3.71. The first kappa shape index (κ1) is 13.4. The topological polar surface area (TPSA) is 48.7 Å². The van der Waals surface area contributed by atoms with E-state index in [9.17, 15) is 13.2 Å². The predicted molar refractivity (Wildman–Crippen MR) is 65.6 cm³/mol. The van der Waals surface area contributed by atoms with Gasteiger partial charge < -0.3 is 5.32 Å². The first-order valence-electron chi connectivity index (χ1n) is 5.23. The van der Waals surface area contributed by atoms with E-state index in [0.717, 1.165) is 17.0 Å². The standard InChI is InChI=1S/C12H8F3N3S/c13-12(14,15)9-1-2-11(8(3-9)4-16)18-6-10-5-17-7-19-10/h1-3,5,7,18H,6H2. The first-order valence-corrected chi connectivity index (χ1v) is 6.11. The van der Waals surface area contributed by atoms with E-state index in [0.29, 0.717) is 12.2 Å². The molecule has 3 nitrogen and oxygen atoms in total. The van der Waals surface area contributed by atoms with Crippen molar-refractivity contribution in [3.8, 4) is 6.07 Å². The third-order valence-corrected chi connectivity index (χ3v) is 3.18. The average Bonchev–Trinajstić information content (AvgIpc) is 2.88. The molecule has 0 aliphatic carbocycles. The molecule has 0 saturated carbocycles. The largest absolute Gasteiger partial charge is 0.416 e. The lowest BCUT2D eigenvalue weighted by molar-refractivity contribution is -0.137. The number of alkyl halides is 3. The highest BCUT2D eigenvalue weighted by Crippen LogP contribution is 2.31. The maximum atomic E-state index is 12.5. The van der Waals surface area contributed by atoms with Crippen LogP contribution >= 0.6 is 11.3 Å². The molecule has 0 radical (unpaired) electrons. The van der Waals surface area contributed by atoms with Crippen LogP contribution in [0.4, 0.5) is 18.9 Å². The van der Waals surface area contributed by atoms with Gasteiger partial charge in [0.25, 0.3) is 0 Å². The zero-order chi connectivity index (χ0) is 13.9. The summed E-state index contributed by atoms with van der Waals surface area (Å²) in [6, 6.07) is 4.83. The molecule has 0 atom stereocenters. The van der Waals surface area contributed by atoms with E-state index in [-0.39, 0.29) is 5.56 Å². The fraction of sp³-hybridized carbons (Fsp3) is 0.167. The highest BCUT2D eigenvalue weighted by molar-refractivity contribution is 7.09. The zero-order valence-corrected chi connectivity index (χ0v) is 10.3. The van der Waals surface area contributed by atoms with Crippen LogP contribution in [0.2, 0.25) is 0 Å². The van der Waals surface area contributed by atoms with Gasteiger partial charge in [0.15, 0.2) is 0 Å². The van der Waals surface area contributed by atoms with Gasteiger partial charge >= 0.3 is 6.18 Å². The molecule has 1 aromatic heterocycles. The summed E-state index contributed by atoms with van der Waals surface area (Å²) in [6.07, 6.45) is -2.78. The molecule has 2 aromatic rings. The second kappa shape index (κ2) is 5.28. The quantitative estimate of drug-likeness (QED) is 0.935. The van der Waals surface area contributed by atoms with Crippen LogP contribution in [-0.2, 0) is 12.7 Å². The first-order chi connectivity index (χ1) is 9.00. The Labute approximate surface area is 111 Å². The molecular weight excluding hydrogens is 275 g/mol. The van der Waals surface area contributed by atoms with E-state index in [1.807, 2.05) is 0 Å². The van der Waals surface area contributed by atoms with Crippen molar-refractivity contribution >= 4 is 17.0 Å². The van der Waals surface area contributed by atoms with Gasteiger partial charge in [-0.15, -0.1) is 11.3 Å². The van der Waals surface area contributed by atoms with Crippen molar-refractivity contribution in [1.29, 1.82) is 5.26 Å². The third-order valence-electron chi connectivity index (χ3n) is 2.40. The number of halogens is 3. The number of thiazole rings is 1. The summed E-state index contributed by atoms with van der Waals surface area (Å²) in [6.45, 7) is 0.421. The number of nitrogens with zero attached hydrogens (tertiary/aromatic N) is 2. The second-order valence-corrected chi connectivity index (χ2v) is 4.66. The van der Waals surface area contributed by atoms with E-state index in [4.69, 9.17) is 5.26 Å². The SMILES string of the molecule is N#Cc1cc(C(F)(F)F)ccc1NCc1cncs1. The molecule has 98 valence electrons. The Bertz CT molecular complexity index is 600. The van der Waals surface area contributed by atoms with Crippen LogP contribution in [-0.4, -0.2) is 4.98 Å². The Morgan fingerprint density at radius 1 is 1.37 bits per heavy atom. The molecule has 1 aromatic carbocycles. The molecule has 0 spiro atoms. The summed E-state index contributed by atoms with van der Waals surface area (Å²) in [5.41, 5.74) is 1.19. The number of anilines is 1. The molecule has 1 N–H and O–H groups in total. The molecule has 7 heteroatoms. The summed E-state index contributed by atoms with van der Waals surface area (Å²) in [5, 5.41) is 11.8. The molecule has 0 unspecified atom stereocenters. The third kappa shape index (κ3) is 3.23. The highest BCUT2D eigenvalue weighted by Gasteiger charge is 2.31. The summed E-state index contributed by atoms with van der Waals surface area (Å²) in [5.74, 6) is 0. The van der Waals surface area contributed by atoms with Gasteiger partial charge in [-0.1, -0.05) is 0 Å². The number of nitriles is 1. The highest BCUT2D eigenvalue weighted by atomic mass is 32.1. The second-order valence-electron chi connectivity index (χ2n) is 3.69. The number of rotatable bonds is 3. The number of hydrogen-bond acceptors (Lipinski definition) is 4. The fourth-order valence-corrected chi connectivity index (χ4v) is 2.01. The number of nitrogens with one attached hydrogen (secondary N) is 1. The van der Waals surface area contributed by atoms with Crippen LogP contribution in [0.5, 0.6) is 0 Å². The monoisotopic (exact) mass is 283 g/mol. The number of hydrogen-bond donors (Lipinski definition) is 1. The molecule has 0 amide bonds. The van der Waals surface area contributed by atoms with E-state index in [1.54, 1.807) is 17.8 Å². The van der Waals surface area contributed by atoms with E-state index >= 15 is 0 Å². The van der Waals surface area contributed by atoms with Gasteiger partial charge in [-0.25, -0.2) is 0 Å². The van der Waals surface area contributed by atoms with E-state index < -0.39 is 11.7 Å². The van der Waals surface area contributed by atoms with Crippen LogP contribution in [0.3, 0.4) is 0 Å². The maximum absolute atomic E-state index is 12.5. The van der Waals surface area contributed by atoms with Crippen molar-refractivity contribution in [2.75, 3.05) is 5.32 Å². The minimum atomic E-state index is -4.44. The average molecular weight is 283 g/mol. The summed E-state index contributed by atoms with van der Waals surface area (Å²) >= 11 is 1.43. The molecule has 2 rings (SSSR count). The van der Waals surface area contributed by atoms with Gasteiger partial charge in [-0.2, -0.15) is 18.4 Å². The van der Waals surface area contributed by atoms with Crippen LogP contribution in [0, 0.1) is 11.3 Å². The van der Waals surface area contributed by atoms with Crippen molar-refractivity contribution in [2.24, 2.45) is 0 Å². The Hall–Kier alpha value is -2.07. The van der Waals surface area contributed by atoms with Crippen molar-refractivity contribution in [2.45, 2.75) is 12.7 Å². The molecule has 0 aliphatic rings.